The molecule has 1 heterocycles. The van der Waals surface area contributed by atoms with Gasteiger partial charge in [-0.2, -0.15) is 0 Å². The number of hydrogen-bond donors (Lipinski definition) is 0. The van der Waals surface area contributed by atoms with Gasteiger partial charge in [-0.1, -0.05) is 78.1 Å². The van der Waals surface area contributed by atoms with Crippen molar-refractivity contribution in [2.75, 3.05) is 12.4 Å². The third kappa shape index (κ3) is 8.13. The average molecular weight is 315 g/mol. The molecule has 0 spiro atoms. The summed E-state index contributed by atoms with van der Waals surface area (Å²) >= 11 is 1.78. The number of rotatable bonds is 14. The van der Waals surface area contributed by atoms with Crippen LogP contribution in [0.25, 0.3) is 0 Å². The second kappa shape index (κ2) is 11.4. The first-order valence-corrected chi connectivity index (χ1v) is 10.0. The third-order valence-corrected chi connectivity index (χ3v) is 5.64. The van der Waals surface area contributed by atoms with Crippen LogP contribution >= 0.6 is 11.8 Å². The summed E-state index contributed by atoms with van der Waals surface area (Å²) in [6.07, 6.45) is 15.2. The van der Waals surface area contributed by atoms with E-state index in [-0.39, 0.29) is 10.7 Å². The molecule has 0 aromatic rings. The second-order valence-electron chi connectivity index (χ2n) is 6.35. The summed E-state index contributed by atoms with van der Waals surface area (Å²) in [5.74, 6) is 1.04. The molecule has 0 aromatic heterocycles. The minimum absolute atomic E-state index is 0.0560. The van der Waals surface area contributed by atoms with Gasteiger partial charge in [0.25, 0.3) is 0 Å². The second-order valence-corrected chi connectivity index (χ2v) is 7.71. The maximum absolute atomic E-state index is 12.0. The molecule has 0 N–H and O–H groups in total. The Morgan fingerprint density at radius 3 is 1.95 bits per heavy atom. The third-order valence-electron chi connectivity index (χ3n) is 4.28. The molecule has 0 saturated carbocycles. The van der Waals surface area contributed by atoms with Crippen molar-refractivity contribution in [2.45, 2.75) is 95.6 Å². The van der Waals surface area contributed by atoms with Crippen LogP contribution in [0.2, 0.25) is 0 Å². The molecule has 3 heteroatoms. The monoisotopic (exact) mass is 314 g/mol. The number of hydrogen-bond acceptors (Lipinski definition) is 3. The topological polar surface area (TPSA) is 26.3 Å². The molecule has 1 rings (SSSR count). The van der Waals surface area contributed by atoms with Gasteiger partial charge in [-0.25, -0.2) is 0 Å². The predicted octanol–water partition coefficient (Wildman–Crippen LogP) is 5.74. The van der Waals surface area contributed by atoms with Crippen molar-refractivity contribution >= 4 is 17.7 Å². The van der Waals surface area contributed by atoms with E-state index in [4.69, 9.17) is 4.74 Å². The van der Waals surface area contributed by atoms with Gasteiger partial charge in [0, 0.05) is 5.75 Å². The molecule has 1 aliphatic rings. The standard InChI is InChI=1S/C18H34O2S/c1-3-5-7-8-9-10-11-12-13-14-18(16-21-18)17(19)20-15-6-4-2/h3-16H2,1-2H3. The zero-order valence-corrected chi connectivity index (χ0v) is 14.9. The first-order valence-electron chi connectivity index (χ1n) is 9.06. The molecule has 124 valence electrons. The van der Waals surface area contributed by atoms with Crippen molar-refractivity contribution in [3.63, 3.8) is 0 Å². The van der Waals surface area contributed by atoms with Gasteiger partial charge in [0.2, 0.25) is 0 Å². The van der Waals surface area contributed by atoms with Crippen LogP contribution in [-0.4, -0.2) is 23.1 Å². The van der Waals surface area contributed by atoms with Crippen molar-refractivity contribution in [3.8, 4) is 0 Å². The Kier molecular flexibility index (Phi) is 10.2. The highest BCUT2D eigenvalue weighted by Gasteiger charge is 2.51. The highest BCUT2D eigenvalue weighted by atomic mass is 32.2. The highest BCUT2D eigenvalue weighted by molar-refractivity contribution is 8.08. The molecule has 1 fully saturated rings. The summed E-state index contributed by atoms with van der Waals surface area (Å²) in [6.45, 7) is 4.99. The zero-order chi connectivity index (χ0) is 15.4. The fraction of sp³-hybridized carbons (Fsp3) is 0.944. The Balaban J connectivity index is 1.95. The Bertz CT molecular complexity index is 274. The SMILES string of the molecule is CCCCCCCCCCCC1(C(=O)OCCCC)CS1. The summed E-state index contributed by atoms with van der Waals surface area (Å²) in [5.41, 5.74) is 0. The van der Waals surface area contributed by atoms with Crippen molar-refractivity contribution in [2.24, 2.45) is 0 Å². The smallest absolute Gasteiger partial charge is 0.323 e. The normalized spacial score (nSPS) is 20.5. The summed E-state index contributed by atoms with van der Waals surface area (Å²) in [5, 5.41) is 0. The minimum atomic E-state index is -0.144. The first kappa shape index (κ1) is 18.9. The molecular weight excluding hydrogens is 280 g/mol. The van der Waals surface area contributed by atoms with Crippen molar-refractivity contribution < 1.29 is 9.53 Å². The molecule has 2 nitrogen and oxygen atoms in total. The van der Waals surface area contributed by atoms with Crippen LogP contribution in [0.15, 0.2) is 0 Å². The molecule has 0 aliphatic carbocycles. The van der Waals surface area contributed by atoms with E-state index in [2.05, 4.69) is 13.8 Å². The van der Waals surface area contributed by atoms with E-state index in [9.17, 15) is 4.79 Å². The average Bonchev–Trinajstić information content (AvgIpc) is 3.27. The maximum Gasteiger partial charge on any atom is 0.323 e. The molecule has 21 heavy (non-hydrogen) atoms. The summed E-state index contributed by atoms with van der Waals surface area (Å²) < 4.78 is 5.24. The maximum atomic E-state index is 12.0. The number of carbonyl (C=O) groups excluding carboxylic acids is 1. The van der Waals surface area contributed by atoms with Gasteiger partial charge in [-0.3, -0.25) is 4.79 Å². The molecule has 1 unspecified atom stereocenters. The van der Waals surface area contributed by atoms with Gasteiger partial charge >= 0.3 is 5.97 Å². The van der Waals surface area contributed by atoms with Crippen LogP contribution in [0.4, 0.5) is 0 Å². The first-order chi connectivity index (χ1) is 10.2. The van der Waals surface area contributed by atoms with Crippen LogP contribution in [-0.2, 0) is 9.53 Å². The van der Waals surface area contributed by atoms with Crippen molar-refractivity contribution in [3.05, 3.63) is 0 Å². The van der Waals surface area contributed by atoms with Crippen LogP contribution in [0.1, 0.15) is 90.9 Å². The van der Waals surface area contributed by atoms with Gasteiger partial charge in [0.15, 0.2) is 0 Å². The van der Waals surface area contributed by atoms with Crippen molar-refractivity contribution in [1.82, 2.24) is 0 Å². The summed E-state index contributed by atoms with van der Waals surface area (Å²) in [6, 6.07) is 0. The number of unbranched alkanes of at least 4 members (excludes halogenated alkanes) is 9. The van der Waals surface area contributed by atoms with Gasteiger partial charge in [0.05, 0.1) is 6.61 Å². The van der Waals surface area contributed by atoms with Gasteiger partial charge in [-0.15, -0.1) is 11.8 Å². The van der Waals surface area contributed by atoms with Crippen LogP contribution in [0.3, 0.4) is 0 Å². The largest absolute Gasteiger partial charge is 0.465 e. The highest BCUT2D eigenvalue weighted by Crippen LogP contribution is 2.49. The van der Waals surface area contributed by atoms with Crippen LogP contribution < -0.4 is 0 Å². The lowest BCUT2D eigenvalue weighted by Gasteiger charge is -2.12. The van der Waals surface area contributed by atoms with Gasteiger partial charge in [0.1, 0.15) is 4.75 Å². The predicted molar refractivity (Wildman–Crippen MR) is 92.9 cm³/mol. The summed E-state index contributed by atoms with van der Waals surface area (Å²) in [7, 11) is 0. The number of thioether (sulfide) groups is 1. The molecular formula is C18H34O2S. The van der Waals surface area contributed by atoms with E-state index in [1.807, 2.05) is 0 Å². The number of esters is 1. The lowest BCUT2D eigenvalue weighted by molar-refractivity contribution is -0.145. The number of ether oxygens (including phenoxy) is 1. The molecule has 1 atom stereocenters. The molecule has 1 aliphatic heterocycles. The van der Waals surface area contributed by atoms with E-state index in [1.165, 1.54) is 57.8 Å². The lowest BCUT2D eigenvalue weighted by atomic mass is 10.0. The van der Waals surface area contributed by atoms with Crippen LogP contribution in [0, 0.1) is 0 Å². The molecule has 0 bridgehead atoms. The lowest BCUT2D eigenvalue weighted by Crippen LogP contribution is -2.26. The quantitative estimate of drug-likeness (QED) is 0.232. The summed E-state index contributed by atoms with van der Waals surface area (Å²) in [4.78, 5) is 12.0. The Hall–Kier alpha value is -0.180. The van der Waals surface area contributed by atoms with Crippen molar-refractivity contribution in [1.29, 1.82) is 0 Å². The Labute approximate surface area is 135 Å². The van der Waals surface area contributed by atoms with Gasteiger partial charge < -0.3 is 4.74 Å². The molecule has 1 saturated heterocycles. The van der Waals surface area contributed by atoms with E-state index in [1.54, 1.807) is 11.8 Å². The number of carbonyl (C=O) groups is 1. The molecule has 0 aromatic carbocycles. The molecule has 0 amide bonds. The molecule has 0 radical (unpaired) electrons. The Morgan fingerprint density at radius 1 is 0.905 bits per heavy atom. The van der Waals surface area contributed by atoms with E-state index in [0.29, 0.717) is 6.61 Å². The minimum Gasteiger partial charge on any atom is -0.465 e. The van der Waals surface area contributed by atoms with Gasteiger partial charge in [-0.05, 0) is 12.8 Å². The van der Waals surface area contributed by atoms with E-state index < -0.39 is 0 Å². The van der Waals surface area contributed by atoms with Crippen LogP contribution in [0.5, 0.6) is 0 Å². The Morgan fingerprint density at radius 2 is 1.43 bits per heavy atom. The van der Waals surface area contributed by atoms with E-state index in [0.717, 1.165) is 25.0 Å². The zero-order valence-electron chi connectivity index (χ0n) is 14.1. The van der Waals surface area contributed by atoms with E-state index >= 15 is 0 Å². The fourth-order valence-electron chi connectivity index (χ4n) is 2.61. The fourth-order valence-corrected chi connectivity index (χ4v) is 3.52.